The average Bonchev–Trinajstić information content (AvgIpc) is 1.88. The fraction of sp³-hybridized carbons (Fsp3) is 0.333. The van der Waals surface area contributed by atoms with E-state index < -0.39 is 6.23 Å². The molecular weight excluding hydrogens is 130 g/mol. The van der Waals surface area contributed by atoms with Crippen LogP contribution in [-0.4, -0.2) is 21.3 Å². The van der Waals surface area contributed by atoms with E-state index in [1.165, 1.54) is 0 Å². The lowest BCUT2D eigenvalue weighted by Gasteiger charge is -2.05. The lowest BCUT2D eigenvalue weighted by atomic mass is 10.5. The normalized spacial score (nSPS) is 12.6. The highest BCUT2D eigenvalue weighted by molar-refractivity contribution is 5.31. The quantitative estimate of drug-likeness (QED) is 0.566. The van der Waals surface area contributed by atoms with Gasteiger partial charge in [0.25, 0.3) is 0 Å². The summed E-state index contributed by atoms with van der Waals surface area (Å²) in [5.74, 6) is 0.574. The zero-order valence-electron chi connectivity index (χ0n) is 5.57. The van der Waals surface area contributed by atoms with Gasteiger partial charge < -0.3 is 10.4 Å². The summed E-state index contributed by atoms with van der Waals surface area (Å²) in [7, 11) is 0. The highest BCUT2D eigenvalue weighted by Crippen LogP contribution is 1.97. The number of hydrogen-bond donors (Lipinski definition) is 2. The van der Waals surface area contributed by atoms with Crippen molar-refractivity contribution in [1.29, 1.82) is 0 Å². The molecule has 10 heavy (non-hydrogen) atoms. The second-order valence-electron chi connectivity index (χ2n) is 1.86. The third kappa shape index (κ3) is 1.99. The van der Waals surface area contributed by atoms with Gasteiger partial charge in [0.1, 0.15) is 12.0 Å². The predicted octanol–water partition coefficient (Wildman–Crippen LogP) is 0.0270. The number of aliphatic hydroxyl groups is 1. The maximum absolute atomic E-state index is 8.82. The molecule has 1 atom stereocenters. The van der Waals surface area contributed by atoms with Crippen LogP contribution in [-0.2, 0) is 0 Å². The first kappa shape index (κ1) is 6.95. The Morgan fingerprint density at radius 1 is 1.80 bits per heavy atom. The molecule has 1 heterocycles. The van der Waals surface area contributed by atoms with Gasteiger partial charge in [-0.15, -0.1) is 0 Å². The Balaban J connectivity index is 2.59. The molecule has 0 aromatic carbocycles. The summed E-state index contributed by atoms with van der Waals surface area (Å²) in [5.41, 5.74) is 0. The molecule has 53 valence electrons. The van der Waals surface area contributed by atoms with E-state index in [1.54, 1.807) is 19.2 Å². The molecule has 0 amide bonds. The summed E-state index contributed by atoms with van der Waals surface area (Å²) in [6.45, 7) is 1.61. The monoisotopic (exact) mass is 138 g/mol. The SMILES string of the molecule is CC(O)Nc1ccn[c]n1. The van der Waals surface area contributed by atoms with Gasteiger partial charge in [-0.1, -0.05) is 0 Å². The van der Waals surface area contributed by atoms with E-state index in [-0.39, 0.29) is 0 Å². The lowest BCUT2D eigenvalue weighted by molar-refractivity contribution is 0.224. The van der Waals surface area contributed by atoms with Crippen LogP contribution in [0, 0.1) is 6.33 Å². The second-order valence-corrected chi connectivity index (χ2v) is 1.86. The molecule has 0 saturated heterocycles. The van der Waals surface area contributed by atoms with Crippen molar-refractivity contribution in [3.8, 4) is 0 Å². The maximum atomic E-state index is 8.82. The number of nitrogens with zero attached hydrogens (tertiary/aromatic N) is 2. The van der Waals surface area contributed by atoms with E-state index in [0.29, 0.717) is 5.82 Å². The molecule has 1 aromatic heterocycles. The van der Waals surface area contributed by atoms with Gasteiger partial charge in [0.2, 0.25) is 0 Å². The number of aliphatic hydroxyl groups excluding tert-OH is 1. The first-order valence-electron chi connectivity index (χ1n) is 2.93. The van der Waals surface area contributed by atoms with Crippen molar-refractivity contribution in [2.24, 2.45) is 0 Å². The molecule has 1 radical (unpaired) electrons. The highest BCUT2D eigenvalue weighted by atomic mass is 16.3. The summed E-state index contributed by atoms with van der Waals surface area (Å²) >= 11 is 0. The molecule has 0 aliphatic carbocycles. The predicted molar refractivity (Wildman–Crippen MR) is 36.2 cm³/mol. The number of nitrogens with one attached hydrogen (secondary N) is 1. The van der Waals surface area contributed by atoms with Gasteiger partial charge in [0.05, 0.1) is 0 Å². The zero-order valence-corrected chi connectivity index (χ0v) is 5.57. The minimum atomic E-state index is -0.594. The van der Waals surface area contributed by atoms with Crippen molar-refractivity contribution in [1.82, 2.24) is 9.97 Å². The van der Waals surface area contributed by atoms with Crippen LogP contribution < -0.4 is 5.32 Å². The van der Waals surface area contributed by atoms with Crippen LogP contribution in [0.1, 0.15) is 6.92 Å². The van der Waals surface area contributed by atoms with Gasteiger partial charge in [0.15, 0.2) is 6.33 Å². The fourth-order valence-corrected chi connectivity index (χ4v) is 0.556. The number of rotatable bonds is 2. The Kier molecular flexibility index (Phi) is 2.17. The van der Waals surface area contributed by atoms with E-state index in [2.05, 4.69) is 21.6 Å². The van der Waals surface area contributed by atoms with Crippen LogP contribution in [0.15, 0.2) is 12.3 Å². The molecule has 0 bridgehead atoms. The average molecular weight is 138 g/mol. The summed E-state index contributed by atoms with van der Waals surface area (Å²) in [6.07, 6.45) is 3.35. The Labute approximate surface area is 58.9 Å². The molecule has 4 nitrogen and oxygen atoms in total. The van der Waals surface area contributed by atoms with Crippen LogP contribution in [0.25, 0.3) is 0 Å². The van der Waals surface area contributed by atoms with E-state index in [4.69, 9.17) is 5.11 Å². The van der Waals surface area contributed by atoms with Gasteiger partial charge in [-0.2, -0.15) is 0 Å². The first-order chi connectivity index (χ1) is 4.79. The van der Waals surface area contributed by atoms with E-state index in [1.807, 2.05) is 0 Å². The number of anilines is 1. The van der Waals surface area contributed by atoms with Crippen LogP contribution in [0.3, 0.4) is 0 Å². The standard InChI is InChI=1S/C6H8N3O/c1-5(10)9-6-2-3-7-4-8-6/h2-3,5,10H,1H3,(H,7,8,9). The molecular formula is C6H8N3O. The third-order valence-electron chi connectivity index (χ3n) is 0.892. The van der Waals surface area contributed by atoms with Crippen LogP contribution >= 0.6 is 0 Å². The van der Waals surface area contributed by atoms with Gasteiger partial charge in [-0.05, 0) is 13.0 Å². The van der Waals surface area contributed by atoms with Gasteiger partial charge in [-0.25, -0.2) is 9.97 Å². The van der Waals surface area contributed by atoms with Crippen LogP contribution in [0.2, 0.25) is 0 Å². The molecule has 1 rings (SSSR count). The second kappa shape index (κ2) is 3.12. The summed E-state index contributed by atoms with van der Waals surface area (Å²) in [5, 5.41) is 11.5. The molecule has 1 aromatic rings. The van der Waals surface area contributed by atoms with Crippen molar-refractivity contribution in [3.05, 3.63) is 18.6 Å². The molecule has 0 fully saturated rings. The smallest absolute Gasteiger partial charge is 0.199 e. The van der Waals surface area contributed by atoms with Crippen LogP contribution in [0.5, 0.6) is 0 Å². The molecule has 2 N–H and O–H groups in total. The third-order valence-corrected chi connectivity index (χ3v) is 0.892. The molecule has 4 heteroatoms. The Hall–Kier alpha value is -1.16. The minimum absolute atomic E-state index is 0.574. The van der Waals surface area contributed by atoms with Crippen molar-refractivity contribution >= 4 is 5.82 Å². The largest absolute Gasteiger partial charge is 0.374 e. The number of hydrogen-bond acceptors (Lipinski definition) is 4. The molecule has 1 unspecified atom stereocenters. The van der Waals surface area contributed by atoms with E-state index in [0.717, 1.165) is 0 Å². The van der Waals surface area contributed by atoms with E-state index >= 15 is 0 Å². The van der Waals surface area contributed by atoms with Crippen molar-refractivity contribution in [2.75, 3.05) is 5.32 Å². The Morgan fingerprint density at radius 3 is 3.10 bits per heavy atom. The number of aromatic nitrogens is 2. The van der Waals surface area contributed by atoms with Gasteiger partial charge in [-0.3, -0.25) is 0 Å². The topological polar surface area (TPSA) is 58.0 Å². The Morgan fingerprint density at radius 2 is 2.60 bits per heavy atom. The van der Waals surface area contributed by atoms with Crippen molar-refractivity contribution in [3.63, 3.8) is 0 Å². The molecule has 0 aliphatic heterocycles. The minimum Gasteiger partial charge on any atom is -0.374 e. The molecule has 0 aliphatic rings. The summed E-state index contributed by atoms with van der Waals surface area (Å²) in [6, 6.07) is 1.66. The summed E-state index contributed by atoms with van der Waals surface area (Å²) in [4.78, 5) is 7.31. The zero-order chi connectivity index (χ0) is 7.40. The summed E-state index contributed by atoms with van der Waals surface area (Å²) < 4.78 is 0. The maximum Gasteiger partial charge on any atom is 0.199 e. The van der Waals surface area contributed by atoms with Gasteiger partial charge in [0, 0.05) is 6.20 Å². The first-order valence-corrected chi connectivity index (χ1v) is 2.93. The van der Waals surface area contributed by atoms with Crippen molar-refractivity contribution in [2.45, 2.75) is 13.2 Å². The Bertz CT molecular complexity index is 187. The van der Waals surface area contributed by atoms with E-state index in [9.17, 15) is 0 Å². The molecule has 0 spiro atoms. The highest BCUT2D eigenvalue weighted by Gasteiger charge is 1.94. The molecule has 0 saturated carbocycles. The van der Waals surface area contributed by atoms with Crippen LogP contribution in [0.4, 0.5) is 5.82 Å². The fourth-order valence-electron chi connectivity index (χ4n) is 0.556. The van der Waals surface area contributed by atoms with Crippen molar-refractivity contribution < 1.29 is 5.11 Å². The lowest BCUT2D eigenvalue weighted by Crippen LogP contribution is -2.14. The van der Waals surface area contributed by atoms with Gasteiger partial charge >= 0.3 is 0 Å².